The van der Waals surface area contributed by atoms with Gasteiger partial charge >= 0.3 is 0 Å². The molecule has 0 heterocycles. The molecule has 0 spiro atoms. The van der Waals surface area contributed by atoms with Crippen LogP contribution in [0.25, 0.3) is 0 Å². The Hall–Kier alpha value is -3.02. The number of benzene rings is 2. The number of amides is 2. The van der Waals surface area contributed by atoms with E-state index < -0.39 is 5.91 Å². The molecule has 6 nitrogen and oxygen atoms in total. The summed E-state index contributed by atoms with van der Waals surface area (Å²) in [6.45, 7) is 2.51. The number of nitrogens with two attached hydrogens (primary N) is 1. The number of nitrogens with one attached hydrogen (secondary N) is 1. The lowest BCUT2D eigenvalue weighted by molar-refractivity contribution is -0.118. The largest absolute Gasteiger partial charge is 0.494 e. The number of para-hydroxylation sites is 1. The fourth-order valence-electron chi connectivity index (χ4n) is 1.99. The minimum absolute atomic E-state index is 0.178. The Morgan fingerprint density at radius 1 is 1.00 bits per heavy atom. The van der Waals surface area contributed by atoms with Crippen LogP contribution in [0.4, 0.5) is 5.69 Å². The van der Waals surface area contributed by atoms with Gasteiger partial charge in [0.05, 0.1) is 17.9 Å². The smallest absolute Gasteiger partial charge is 0.262 e. The number of primary amides is 1. The van der Waals surface area contributed by atoms with E-state index in [0.29, 0.717) is 18.0 Å². The van der Waals surface area contributed by atoms with Crippen LogP contribution in [0.3, 0.4) is 0 Å². The topological polar surface area (TPSA) is 90.7 Å². The zero-order chi connectivity index (χ0) is 17.4. The molecule has 126 valence electrons. The summed E-state index contributed by atoms with van der Waals surface area (Å²) in [5.41, 5.74) is 5.89. The van der Waals surface area contributed by atoms with E-state index in [1.165, 1.54) is 0 Å². The molecule has 0 unspecified atom stereocenters. The number of ether oxygens (including phenoxy) is 2. The first-order valence-electron chi connectivity index (χ1n) is 7.64. The maximum Gasteiger partial charge on any atom is 0.262 e. The molecule has 0 saturated carbocycles. The first-order chi connectivity index (χ1) is 11.6. The summed E-state index contributed by atoms with van der Waals surface area (Å²) in [5.74, 6) is 0.325. The molecule has 0 radical (unpaired) electrons. The van der Waals surface area contributed by atoms with Crippen LogP contribution in [-0.4, -0.2) is 25.0 Å². The second-order valence-electron chi connectivity index (χ2n) is 5.07. The third-order valence-corrected chi connectivity index (χ3v) is 3.13. The zero-order valence-electron chi connectivity index (χ0n) is 13.5. The van der Waals surface area contributed by atoms with Crippen molar-refractivity contribution >= 4 is 17.5 Å². The van der Waals surface area contributed by atoms with Crippen LogP contribution in [0.2, 0.25) is 0 Å². The van der Waals surface area contributed by atoms with Gasteiger partial charge in [-0.3, -0.25) is 9.59 Å². The fraction of sp³-hybridized carbons (Fsp3) is 0.222. The van der Waals surface area contributed by atoms with Gasteiger partial charge in [-0.15, -0.1) is 0 Å². The van der Waals surface area contributed by atoms with E-state index in [9.17, 15) is 9.59 Å². The fourth-order valence-corrected chi connectivity index (χ4v) is 1.99. The molecule has 2 rings (SSSR count). The average molecular weight is 328 g/mol. The number of anilines is 1. The molecular formula is C18H20N2O4. The van der Waals surface area contributed by atoms with E-state index in [1.807, 2.05) is 6.92 Å². The van der Waals surface area contributed by atoms with Crippen molar-refractivity contribution in [3.8, 4) is 11.5 Å². The lowest BCUT2D eigenvalue weighted by Gasteiger charge is -2.10. The minimum Gasteiger partial charge on any atom is -0.494 e. The Balaban J connectivity index is 1.88. The second kappa shape index (κ2) is 8.57. The van der Waals surface area contributed by atoms with Gasteiger partial charge in [-0.25, -0.2) is 0 Å². The molecular weight excluding hydrogens is 308 g/mol. The van der Waals surface area contributed by atoms with Crippen molar-refractivity contribution in [2.24, 2.45) is 5.73 Å². The highest BCUT2D eigenvalue weighted by Gasteiger charge is 2.10. The first kappa shape index (κ1) is 17.3. The van der Waals surface area contributed by atoms with Crippen LogP contribution in [0, 0.1) is 0 Å². The van der Waals surface area contributed by atoms with E-state index in [0.717, 1.165) is 12.2 Å². The molecule has 0 atom stereocenters. The average Bonchev–Trinajstić information content (AvgIpc) is 2.59. The van der Waals surface area contributed by atoms with Crippen LogP contribution in [-0.2, 0) is 4.79 Å². The summed E-state index contributed by atoms with van der Waals surface area (Å²) in [6.07, 6.45) is 0.936. The summed E-state index contributed by atoms with van der Waals surface area (Å²) in [4.78, 5) is 23.3. The minimum atomic E-state index is -0.602. The Labute approximate surface area is 140 Å². The SMILES string of the molecule is CCCOc1ccc(OCC(=O)Nc2ccccc2C(N)=O)cc1. The van der Waals surface area contributed by atoms with Crippen molar-refractivity contribution in [2.75, 3.05) is 18.5 Å². The summed E-state index contributed by atoms with van der Waals surface area (Å²) in [6, 6.07) is 13.6. The van der Waals surface area contributed by atoms with E-state index in [1.54, 1.807) is 48.5 Å². The Morgan fingerprint density at radius 3 is 2.25 bits per heavy atom. The van der Waals surface area contributed by atoms with Gasteiger partial charge in [0, 0.05) is 0 Å². The molecule has 2 amide bonds. The number of rotatable bonds is 8. The van der Waals surface area contributed by atoms with Gasteiger partial charge in [-0.2, -0.15) is 0 Å². The number of carbonyl (C=O) groups is 2. The van der Waals surface area contributed by atoms with Crippen LogP contribution >= 0.6 is 0 Å². The van der Waals surface area contributed by atoms with E-state index in [-0.39, 0.29) is 18.1 Å². The van der Waals surface area contributed by atoms with Gasteiger partial charge < -0.3 is 20.5 Å². The predicted octanol–water partition coefficient (Wildman–Crippen LogP) is 2.59. The third-order valence-electron chi connectivity index (χ3n) is 3.13. The number of hydrogen-bond donors (Lipinski definition) is 2. The lowest BCUT2D eigenvalue weighted by atomic mass is 10.1. The van der Waals surface area contributed by atoms with Crippen LogP contribution in [0.15, 0.2) is 48.5 Å². The molecule has 6 heteroatoms. The maximum atomic E-state index is 12.0. The Kier molecular flexibility index (Phi) is 6.19. The Bertz CT molecular complexity index is 698. The van der Waals surface area contributed by atoms with Gasteiger partial charge in [0.2, 0.25) is 0 Å². The number of hydrogen-bond acceptors (Lipinski definition) is 4. The normalized spacial score (nSPS) is 10.0. The molecule has 0 saturated heterocycles. The Morgan fingerprint density at radius 2 is 1.62 bits per heavy atom. The molecule has 0 aromatic heterocycles. The highest BCUT2D eigenvalue weighted by molar-refractivity contribution is 6.03. The maximum absolute atomic E-state index is 12.0. The third kappa shape index (κ3) is 5.01. The van der Waals surface area contributed by atoms with E-state index >= 15 is 0 Å². The van der Waals surface area contributed by atoms with Crippen molar-refractivity contribution in [3.05, 3.63) is 54.1 Å². The van der Waals surface area contributed by atoms with Crippen LogP contribution < -0.4 is 20.5 Å². The van der Waals surface area contributed by atoms with Gasteiger partial charge in [0.15, 0.2) is 6.61 Å². The lowest BCUT2D eigenvalue weighted by Crippen LogP contribution is -2.22. The quantitative estimate of drug-likeness (QED) is 0.779. The summed E-state index contributed by atoms with van der Waals surface area (Å²) >= 11 is 0. The predicted molar refractivity (Wildman–Crippen MR) is 91.3 cm³/mol. The van der Waals surface area contributed by atoms with Crippen molar-refractivity contribution < 1.29 is 19.1 Å². The van der Waals surface area contributed by atoms with Gasteiger partial charge in [0.25, 0.3) is 11.8 Å². The highest BCUT2D eigenvalue weighted by atomic mass is 16.5. The first-order valence-corrected chi connectivity index (χ1v) is 7.64. The molecule has 3 N–H and O–H groups in total. The molecule has 0 aliphatic heterocycles. The zero-order valence-corrected chi connectivity index (χ0v) is 13.5. The molecule has 0 aliphatic carbocycles. The molecule has 24 heavy (non-hydrogen) atoms. The van der Waals surface area contributed by atoms with Crippen molar-refractivity contribution in [3.63, 3.8) is 0 Å². The molecule has 2 aromatic carbocycles. The molecule has 2 aromatic rings. The van der Waals surface area contributed by atoms with E-state index in [2.05, 4.69) is 5.32 Å². The van der Waals surface area contributed by atoms with Gasteiger partial charge in [-0.05, 0) is 42.8 Å². The summed E-state index contributed by atoms with van der Waals surface area (Å²) in [7, 11) is 0. The highest BCUT2D eigenvalue weighted by Crippen LogP contribution is 2.18. The van der Waals surface area contributed by atoms with Gasteiger partial charge in [-0.1, -0.05) is 19.1 Å². The van der Waals surface area contributed by atoms with Crippen molar-refractivity contribution in [1.29, 1.82) is 0 Å². The van der Waals surface area contributed by atoms with Crippen molar-refractivity contribution in [2.45, 2.75) is 13.3 Å². The number of carbonyl (C=O) groups excluding carboxylic acids is 2. The van der Waals surface area contributed by atoms with Crippen molar-refractivity contribution in [1.82, 2.24) is 0 Å². The second-order valence-corrected chi connectivity index (χ2v) is 5.07. The molecule has 0 fully saturated rings. The molecule has 0 bridgehead atoms. The monoisotopic (exact) mass is 328 g/mol. The summed E-state index contributed by atoms with van der Waals surface area (Å²) in [5, 5.41) is 2.61. The van der Waals surface area contributed by atoms with Crippen LogP contribution in [0.5, 0.6) is 11.5 Å². The standard InChI is InChI=1S/C18H20N2O4/c1-2-11-23-13-7-9-14(10-8-13)24-12-17(21)20-16-6-4-3-5-15(16)18(19)22/h3-10H,2,11-12H2,1H3,(H2,19,22)(H,20,21). The molecule has 0 aliphatic rings. The van der Waals surface area contributed by atoms with E-state index in [4.69, 9.17) is 15.2 Å². The van der Waals surface area contributed by atoms with Crippen LogP contribution in [0.1, 0.15) is 23.7 Å². The summed E-state index contributed by atoms with van der Waals surface area (Å²) < 4.78 is 10.9. The van der Waals surface area contributed by atoms with Gasteiger partial charge in [0.1, 0.15) is 11.5 Å².